The maximum atomic E-state index is 10.5. The smallest absolute Gasteiger partial charge is 0.169 e. The van der Waals surface area contributed by atoms with Crippen LogP contribution in [0, 0.1) is 0 Å². The van der Waals surface area contributed by atoms with Crippen molar-refractivity contribution in [3.05, 3.63) is 23.5 Å². The Balaban J connectivity index is 2.53. The molecule has 0 aliphatic carbocycles. The molecule has 0 saturated carbocycles. The lowest BCUT2D eigenvalue weighted by Crippen LogP contribution is -1.96. The van der Waals surface area contributed by atoms with Gasteiger partial charge in [-0.2, -0.15) is 0 Å². The molecule has 0 amide bonds. The molecule has 4 nitrogen and oxygen atoms in total. The first kappa shape index (κ1) is 8.12. The molecule has 0 radical (unpaired) electrons. The molecule has 2 heterocycles. The maximum Gasteiger partial charge on any atom is 0.169 e. The van der Waals surface area contributed by atoms with E-state index in [1.807, 2.05) is 5.38 Å². The zero-order chi connectivity index (χ0) is 9.26. The van der Waals surface area contributed by atoms with E-state index in [4.69, 9.17) is 0 Å². The highest BCUT2D eigenvalue weighted by Crippen LogP contribution is 2.19. The quantitative estimate of drug-likeness (QED) is 0.676. The van der Waals surface area contributed by atoms with E-state index >= 15 is 0 Å². The number of imidazole rings is 1. The number of carbonyl (C=O) groups excluding carboxylic acids is 1. The van der Waals surface area contributed by atoms with Gasteiger partial charge in [-0.1, -0.05) is 0 Å². The van der Waals surface area contributed by atoms with Crippen LogP contribution in [0.5, 0.6) is 0 Å². The largest absolute Gasteiger partial charge is 0.323 e. The molecule has 2 aromatic heterocycles. The van der Waals surface area contributed by atoms with Crippen molar-refractivity contribution in [3.8, 4) is 10.8 Å². The first-order valence-electron chi connectivity index (χ1n) is 3.69. The van der Waals surface area contributed by atoms with Crippen LogP contribution >= 0.6 is 11.3 Å². The molecule has 0 atom stereocenters. The monoisotopic (exact) mass is 193 g/mol. The Hall–Kier alpha value is -1.49. The number of hydrogen-bond acceptors (Lipinski definition) is 4. The van der Waals surface area contributed by atoms with Gasteiger partial charge in [0.15, 0.2) is 17.1 Å². The van der Waals surface area contributed by atoms with Crippen LogP contribution < -0.4 is 0 Å². The molecule has 0 spiro atoms. The fraction of sp³-hybridized carbons (Fsp3) is 0.125. The normalized spacial score (nSPS) is 10.2. The molecule has 0 aliphatic heterocycles. The summed E-state index contributed by atoms with van der Waals surface area (Å²) in [5.74, 6) is 0.733. The van der Waals surface area contributed by atoms with Crippen LogP contribution in [0.15, 0.2) is 17.8 Å². The van der Waals surface area contributed by atoms with Crippen LogP contribution in [0.25, 0.3) is 10.8 Å². The third-order valence-corrected chi connectivity index (χ3v) is 2.54. The Bertz CT molecular complexity index is 419. The predicted octanol–water partition coefficient (Wildman–Crippen LogP) is 1.36. The summed E-state index contributed by atoms with van der Waals surface area (Å²) in [6.45, 7) is 0. The van der Waals surface area contributed by atoms with E-state index in [0.717, 1.165) is 17.1 Å². The lowest BCUT2D eigenvalue weighted by atomic mass is 10.5. The lowest BCUT2D eigenvalue weighted by molar-refractivity contribution is 0.111. The Morgan fingerprint density at radius 2 is 2.38 bits per heavy atom. The number of aldehydes is 1. The minimum Gasteiger partial charge on any atom is -0.323 e. The summed E-state index contributed by atoms with van der Waals surface area (Å²) < 4.78 is 1.73. The standard InChI is InChI=1S/C8H7N3OS/c1-11-6(5-12)4-10-7(11)8-9-2-3-13-8/h2-5H,1H3. The zero-order valence-electron chi connectivity index (χ0n) is 6.97. The van der Waals surface area contributed by atoms with Gasteiger partial charge in [0.25, 0.3) is 0 Å². The van der Waals surface area contributed by atoms with Gasteiger partial charge in [0.1, 0.15) is 5.69 Å². The van der Waals surface area contributed by atoms with E-state index in [0.29, 0.717) is 5.69 Å². The summed E-state index contributed by atoms with van der Waals surface area (Å²) in [5.41, 5.74) is 0.560. The van der Waals surface area contributed by atoms with Gasteiger partial charge in [0, 0.05) is 18.6 Å². The van der Waals surface area contributed by atoms with Crippen molar-refractivity contribution in [2.45, 2.75) is 0 Å². The van der Waals surface area contributed by atoms with E-state index < -0.39 is 0 Å². The summed E-state index contributed by atoms with van der Waals surface area (Å²) in [6.07, 6.45) is 4.04. The third kappa shape index (κ3) is 1.27. The van der Waals surface area contributed by atoms with E-state index in [2.05, 4.69) is 9.97 Å². The van der Waals surface area contributed by atoms with E-state index in [-0.39, 0.29) is 0 Å². The molecule has 0 N–H and O–H groups in total. The van der Waals surface area contributed by atoms with Crippen molar-refractivity contribution in [1.82, 2.24) is 14.5 Å². The molecule has 66 valence electrons. The first-order chi connectivity index (χ1) is 6.33. The second kappa shape index (κ2) is 3.10. The van der Waals surface area contributed by atoms with Gasteiger partial charge < -0.3 is 4.57 Å². The van der Waals surface area contributed by atoms with Crippen molar-refractivity contribution in [1.29, 1.82) is 0 Å². The molecule has 5 heteroatoms. The highest BCUT2D eigenvalue weighted by Gasteiger charge is 2.09. The highest BCUT2D eigenvalue weighted by atomic mass is 32.1. The predicted molar refractivity (Wildman–Crippen MR) is 49.7 cm³/mol. The van der Waals surface area contributed by atoms with Gasteiger partial charge in [-0.15, -0.1) is 11.3 Å². The molecule has 2 rings (SSSR count). The van der Waals surface area contributed by atoms with E-state index in [9.17, 15) is 4.79 Å². The molecule has 0 saturated heterocycles. The minimum absolute atomic E-state index is 0.560. The van der Waals surface area contributed by atoms with Crippen LogP contribution in [-0.4, -0.2) is 20.8 Å². The van der Waals surface area contributed by atoms with Crippen LogP contribution in [0.4, 0.5) is 0 Å². The Labute approximate surface area is 78.9 Å². The Morgan fingerprint density at radius 3 is 2.92 bits per heavy atom. The fourth-order valence-corrected chi connectivity index (χ4v) is 1.73. The van der Waals surface area contributed by atoms with Gasteiger partial charge in [-0.25, -0.2) is 9.97 Å². The van der Waals surface area contributed by atoms with Crippen LogP contribution in [0.2, 0.25) is 0 Å². The number of carbonyl (C=O) groups is 1. The average molecular weight is 193 g/mol. The Kier molecular flexibility index (Phi) is 1.94. The third-order valence-electron chi connectivity index (χ3n) is 1.77. The van der Waals surface area contributed by atoms with Gasteiger partial charge in [0.2, 0.25) is 0 Å². The van der Waals surface area contributed by atoms with Gasteiger partial charge in [0.05, 0.1) is 6.20 Å². The van der Waals surface area contributed by atoms with E-state index in [1.165, 1.54) is 11.3 Å². The summed E-state index contributed by atoms with van der Waals surface area (Å²) >= 11 is 1.50. The summed E-state index contributed by atoms with van der Waals surface area (Å²) in [4.78, 5) is 18.8. The molecule has 2 aromatic rings. The maximum absolute atomic E-state index is 10.5. The van der Waals surface area contributed by atoms with E-state index in [1.54, 1.807) is 24.0 Å². The van der Waals surface area contributed by atoms with Crippen LogP contribution in [-0.2, 0) is 7.05 Å². The molecule has 0 fully saturated rings. The van der Waals surface area contributed by atoms with Crippen molar-refractivity contribution >= 4 is 17.6 Å². The van der Waals surface area contributed by atoms with Crippen LogP contribution in [0.3, 0.4) is 0 Å². The van der Waals surface area contributed by atoms with Crippen molar-refractivity contribution in [3.63, 3.8) is 0 Å². The van der Waals surface area contributed by atoms with Crippen molar-refractivity contribution in [2.75, 3.05) is 0 Å². The number of nitrogens with zero attached hydrogens (tertiary/aromatic N) is 3. The summed E-state index contributed by atoms with van der Waals surface area (Å²) in [5, 5.41) is 2.71. The van der Waals surface area contributed by atoms with Crippen molar-refractivity contribution in [2.24, 2.45) is 7.05 Å². The SMILES string of the molecule is Cn1c(C=O)cnc1-c1nccs1. The molecule has 13 heavy (non-hydrogen) atoms. The van der Waals surface area contributed by atoms with Crippen LogP contribution in [0.1, 0.15) is 10.5 Å². The molecular weight excluding hydrogens is 186 g/mol. The van der Waals surface area contributed by atoms with Gasteiger partial charge >= 0.3 is 0 Å². The molecule has 0 bridgehead atoms. The zero-order valence-corrected chi connectivity index (χ0v) is 7.78. The summed E-state index contributed by atoms with van der Waals surface area (Å²) in [6, 6.07) is 0. The van der Waals surface area contributed by atoms with Gasteiger partial charge in [-0.05, 0) is 0 Å². The first-order valence-corrected chi connectivity index (χ1v) is 4.57. The fourth-order valence-electron chi connectivity index (χ4n) is 1.06. The van der Waals surface area contributed by atoms with Crippen molar-refractivity contribution < 1.29 is 4.79 Å². The topological polar surface area (TPSA) is 47.8 Å². The second-order valence-electron chi connectivity index (χ2n) is 2.52. The molecule has 0 unspecified atom stereocenters. The number of hydrogen-bond donors (Lipinski definition) is 0. The minimum atomic E-state index is 0.560. The number of rotatable bonds is 2. The molecule has 0 aliphatic rings. The highest BCUT2D eigenvalue weighted by molar-refractivity contribution is 7.13. The van der Waals surface area contributed by atoms with Gasteiger partial charge in [-0.3, -0.25) is 4.79 Å². The number of aromatic nitrogens is 3. The molecular formula is C8H7N3OS. The molecule has 0 aromatic carbocycles. The lowest BCUT2D eigenvalue weighted by Gasteiger charge is -1.97. The number of thiazole rings is 1. The summed E-state index contributed by atoms with van der Waals surface area (Å²) in [7, 11) is 1.80. The Morgan fingerprint density at radius 1 is 1.54 bits per heavy atom. The average Bonchev–Trinajstić information content (AvgIpc) is 2.72. The second-order valence-corrected chi connectivity index (χ2v) is 3.42.